The number of thioether (sulfide) groups is 1. The van der Waals surface area contributed by atoms with E-state index in [9.17, 15) is 13.2 Å². The molecule has 0 saturated carbocycles. The van der Waals surface area contributed by atoms with Gasteiger partial charge in [0.15, 0.2) is 0 Å². The average molecular weight is 397 g/mol. The van der Waals surface area contributed by atoms with Crippen molar-refractivity contribution in [3.63, 3.8) is 0 Å². The zero-order chi connectivity index (χ0) is 19.1. The Morgan fingerprint density at radius 2 is 1.77 bits per heavy atom. The Morgan fingerprint density at radius 1 is 1.12 bits per heavy atom. The summed E-state index contributed by atoms with van der Waals surface area (Å²) in [6, 6.07) is 9.61. The third-order valence-electron chi connectivity index (χ3n) is 4.81. The third-order valence-corrected chi connectivity index (χ3v) is 6.70. The molecule has 0 amide bonds. The first-order valence-electron chi connectivity index (χ1n) is 8.47. The fourth-order valence-corrected chi connectivity index (χ4v) is 4.98. The molecule has 0 saturated heterocycles. The van der Waals surface area contributed by atoms with E-state index in [-0.39, 0.29) is 10.6 Å². The van der Waals surface area contributed by atoms with Gasteiger partial charge in [0.2, 0.25) is 0 Å². The first-order chi connectivity index (χ1) is 12.2. The van der Waals surface area contributed by atoms with Gasteiger partial charge in [-0.1, -0.05) is 37.3 Å². The number of allylic oxidation sites excluding steroid dienone is 1. The van der Waals surface area contributed by atoms with Gasteiger partial charge in [-0.05, 0) is 60.2 Å². The molecule has 5 heteroatoms. The highest BCUT2D eigenvalue weighted by Crippen LogP contribution is 2.49. The zero-order valence-corrected chi connectivity index (χ0v) is 16.2. The summed E-state index contributed by atoms with van der Waals surface area (Å²) >= 11 is 8.11. The predicted molar refractivity (Wildman–Crippen MR) is 104 cm³/mol. The van der Waals surface area contributed by atoms with E-state index in [1.165, 1.54) is 16.0 Å². The smallest absolute Gasteiger partial charge is 0.166 e. The minimum absolute atomic E-state index is 0.00944. The van der Waals surface area contributed by atoms with Crippen molar-refractivity contribution in [1.29, 1.82) is 0 Å². The van der Waals surface area contributed by atoms with Gasteiger partial charge >= 0.3 is 6.18 Å². The molecule has 0 fully saturated rings. The highest BCUT2D eigenvalue weighted by atomic mass is 35.5. The first-order valence-corrected chi connectivity index (χ1v) is 9.78. The van der Waals surface area contributed by atoms with Gasteiger partial charge in [0.05, 0.1) is 10.3 Å². The molecule has 0 radical (unpaired) electrons. The fraction of sp³-hybridized carbons (Fsp3) is 0.333. The van der Waals surface area contributed by atoms with Crippen LogP contribution in [0.15, 0.2) is 47.9 Å². The molecule has 1 aliphatic heterocycles. The second kappa shape index (κ2) is 7.32. The third kappa shape index (κ3) is 3.81. The second-order valence-electron chi connectivity index (χ2n) is 6.74. The topological polar surface area (TPSA) is 0 Å². The van der Waals surface area contributed by atoms with Crippen LogP contribution in [0, 0.1) is 0 Å². The Labute approximate surface area is 161 Å². The van der Waals surface area contributed by atoms with E-state index in [4.69, 9.17) is 11.6 Å². The lowest BCUT2D eigenvalue weighted by molar-refractivity contribution is -0.137. The molecule has 0 nitrogen and oxygen atoms in total. The number of halogens is 4. The molecular weight excluding hydrogens is 377 g/mol. The summed E-state index contributed by atoms with van der Waals surface area (Å²) in [5.41, 5.74) is 4.88. The lowest BCUT2D eigenvalue weighted by Crippen LogP contribution is -2.07. The van der Waals surface area contributed by atoms with Gasteiger partial charge in [0.1, 0.15) is 0 Å². The molecule has 2 aromatic rings. The number of alkyl halides is 4. The molecule has 2 unspecified atom stereocenters. The molecule has 0 aromatic heterocycles. The van der Waals surface area contributed by atoms with Crippen LogP contribution in [0.25, 0.3) is 5.57 Å². The Kier molecular flexibility index (Phi) is 5.45. The van der Waals surface area contributed by atoms with E-state index < -0.39 is 11.7 Å². The molecule has 138 valence electrons. The summed E-state index contributed by atoms with van der Waals surface area (Å²) in [4.78, 5) is 1.20. The van der Waals surface area contributed by atoms with Gasteiger partial charge < -0.3 is 0 Å². The van der Waals surface area contributed by atoms with Crippen LogP contribution in [0.2, 0.25) is 0 Å². The number of aryl methyl sites for hydroxylation is 1. The average Bonchev–Trinajstić information content (AvgIpc) is 2.87. The van der Waals surface area contributed by atoms with Gasteiger partial charge in [-0.3, -0.25) is 0 Å². The van der Waals surface area contributed by atoms with Crippen LogP contribution < -0.4 is 0 Å². The number of hydrogen-bond acceptors (Lipinski definition) is 1. The molecule has 26 heavy (non-hydrogen) atoms. The predicted octanol–water partition coefficient (Wildman–Crippen LogP) is 7.30. The van der Waals surface area contributed by atoms with Crippen molar-refractivity contribution in [1.82, 2.24) is 0 Å². The van der Waals surface area contributed by atoms with E-state index >= 15 is 0 Å². The van der Waals surface area contributed by atoms with Crippen molar-refractivity contribution in [2.75, 3.05) is 0 Å². The maximum absolute atomic E-state index is 12.7. The highest BCUT2D eigenvalue weighted by Gasteiger charge is 2.32. The second-order valence-corrected chi connectivity index (χ2v) is 8.65. The minimum atomic E-state index is -4.30. The fourth-order valence-electron chi connectivity index (χ4n) is 3.40. The van der Waals surface area contributed by atoms with Crippen molar-refractivity contribution in [2.24, 2.45) is 0 Å². The Morgan fingerprint density at radius 3 is 2.35 bits per heavy atom. The Hall–Kier alpha value is -1.39. The van der Waals surface area contributed by atoms with Gasteiger partial charge in [-0.15, -0.1) is 23.4 Å². The number of hydrogen-bond donors (Lipinski definition) is 0. The van der Waals surface area contributed by atoms with E-state index in [0.29, 0.717) is 6.42 Å². The lowest BCUT2D eigenvalue weighted by Gasteiger charge is -2.18. The highest BCUT2D eigenvalue weighted by molar-refractivity contribution is 8.01. The molecule has 2 atom stereocenters. The van der Waals surface area contributed by atoms with Crippen LogP contribution in [-0.2, 0) is 19.0 Å². The molecule has 0 N–H and O–H groups in total. The van der Waals surface area contributed by atoms with E-state index in [0.717, 1.165) is 35.3 Å². The molecular formula is C21H20ClF3S. The standard InChI is InChI=1S/C21H20ClF3S/c1-12(2)16-10-11-18-19(13(3)20(22)26-18)17(16)9-6-14-4-7-15(8-5-14)21(23,24)25/h4-5,7-8,10-11,13,20H,1,6,9H2,2-3H3. The van der Waals surface area contributed by atoms with Crippen LogP contribution in [0.3, 0.4) is 0 Å². The Balaban J connectivity index is 1.88. The molecule has 1 aliphatic rings. The minimum Gasteiger partial charge on any atom is -0.166 e. The molecule has 2 aromatic carbocycles. The zero-order valence-electron chi connectivity index (χ0n) is 14.7. The summed E-state index contributed by atoms with van der Waals surface area (Å²) in [5.74, 6) is 0.235. The van der Waals surface area contributed by atoms with Crippen LogP contribution in [0.4, 0.5) is 13.2 Å². The van der Waals surface area contributed by atoms with Crippen LogP contribution in [0.1, 0.15) is 47.6 Å². The monoisotopic (exact) mass is 396 g/mol. The molecule has 0 aliphatic carbocycles. The van der Waals surface area contributed by atoms with Gasteiger partial charge in [0.25, 0.3) is 0 Å². The van der Waals surface area contributed by atoms with E-state index in [2.05, 4.69) is 25.6 Å². The lowest BCUT2D eigenvalue weighted by atomic mass is 9.87. The quantitative estimate of drug-likeness (QED) is 0.488. The SMILES string of the molecule is C=C(C)c1ccc2c(c1CCc1ccc(C(F)(F)F)cc1)C(C)C(Cl)S2. The maximum Gasteiger partial charge on any atom is 0.416 e. The molecule has 0 bridgehead atoms. The number of benzene rings is 2. The summed E-state index contributed by atoms with van der Waals surface area (Å²) in [6.45, 7) is 8.19. The van der Waals surface area contributed by atoms with Crippen molar-refractivity contribution in [2.45, 2.75) is 48.4 Å². The van der Waals surface area contributed by atoms with Crippen LogP contribution in [0.5, 0.6) is 0 Å². The van der Waals surface area contributed by atoms with E-state index in [1.807, 2.05) is 6.92 Å². The van der Waals surface area contributed by atoms with Crippen molar-refractivity contribution < 1.29 is 13.2 Å². The summed E-state index contributed by atoms with van der Waals surface area (Å²) < 4.78 is 38.2. The van der Waals surface area contributed by atoms with Crippen LogP contribution in [-0.4, -0.2) is 4.71 Å². The van der Waals surface area contributed by atoms with Crippen molar-refractivity contribution in [3.8, 4) is 0 Å². The largest absolute Gasteiger partial charge is 0.416 e. The molecule has 1 heterocycles. The van der Waals surface area contributed by atoms with Gasteiger partial charge in [-0.2, -0.15) is 13.2 Å². The van der Waals surface area contributed by atoms with Crippen molar-refractivity contribution >= 4 is 28.9 Å². The number of rotatable bonds is 4. The maximum atomic E-state index is 12.7. The molecule has 0 spiro atoms. The Bertz CT molecular complexity index is 824. The van der Waals surface area contributed by atoms with Crippen molar-refractivity contribution in [3.05, 3.63) is 70.8 Å². The van der Waals surface area contributed by atoms with E-state index in [1.54, 1.807) is 23.9 Å². The van der Waals surface area contributed by atoms with Gasteiger partial charge in [0, 0.05) is 10.8 Å². The number of fused-ring (bicyclic) bond motifs is 1. The molecule has 3 rings (SSSR count). The summed E-state index contributed by atoms with van der Waals surface area (Å²) in [7, 11) is 0. The normalized spacial score (nSPS) is 19.5. The summed E-state index contributed by atoms with van der Waals surface area (Å²) in [5, 5.41) is 0. The van der Waals surface area contributed by atoms with Gasteiger partial charge in [-0.25, -0.2) is 0 Å². The first kappa shape index (κ1) is 19.4. The van der Waals surface area contributed by atoms with Crippen LogP contribution >= 0.6 is 23.4 Å². The summed E-state index contributed by atoms with van der Waals surface area (Å²) in [6.07, 6.45) is -2.86.